The molecule has 1 saturated heterocycles. The van der Waals surface area contributed by atoms with Crippen molar-refractivity contribution in [3.8, 4) is 0 Å². The first-order chi connectivity index (χ1) is 21.5. The predicted octanol–water partition coefficient (Wildman–Crippen LogP) is 3.40. The van der Waals surface area contributed by atoms with Crippen LogP contribution in [0.25, 0.3) is 0 Å². The normalized spacial score (nSPS) is 15.3. The first kappa shape index (κ1) is 41.6. The summed E-state index contributed by atoms with van der Waals surface area (Å²) in [5.74, 6) is -2.32. The molecule has 0 radical (unpaired) electrons. The Labute approximate surface area is 288 Å². The van der Waals surface area contributed by atoms with Crippen molar-refractivity contribution in [3.05, 3.63) is 71.8 Å². The number of hydrogen-bond donors (Lipinski definition) is 4. The Balaban J connectivity index is 0.00000552. The van der Waals surface area contributed by atoms with Gasteiger partial charge in [0.2, 0.25) is 17.8 Å². The number of hydrogen-bond acceptors (Lipinski definition) is 10. The van der Waals surface area contributed by atoms with Gasteiger partial charge in [-0.3, -0.25) is 4.79 Å². The lowest BCUT2D eigenvalue weighted by Crippen LogP contribution is -2.51. The summed E-state index contributed by atoms with van der Waals surface area (Å²) in [5.41, 5.74) is 10.2. The number of rotatable bonds is 14. The second-order valence-corrected chi connectivity index (χ2v) is 11.5. The van der Waals surface area contributed by atoms with E-state index in [2.05, 4.69) is 5.32 Å². The molecule has 0 saturated carbocycles. The van der Waals surface area contributed by atoms with Gasteiger partial charge in [-0.15, -0.1) is 24.8 Å². The number of nitrogens with two attached hydrogens (primary N) is 2. The number of likely N-dealkylation sites (tertiary alicyclic amines) is 1. The minimum atomic E-state index is -2.00. The average molecular weight is 700 g/mol. The number of halogens is 2. The van der Waals surface area contributed by atoms with E-state index in [9.17, 15) is 24.3 Å². The summed E-state index contributed by atoms with van der Waals surface area (Å²) < 4.78 is 16.4. The Morgan fingerprint density at radius 2 is 1.45 bits per heavy atom. The molecular formula is C33H48Cl2N4O8. The summed E-state index contributed by atoms with van der Waals surface area (Å²) in [7, 11) is 0. The average Bonchev–Trinajstić information content (AvgIpc) is 3.03. The first-order valence-electron chi connectivity index (χ1n) is 15.4. The molecule has 262 valence electrons. The van der Waals surface area contributed by atoms with Crippen molar-refractivity contribution in [2.45, 2.75) is 83.0 Å². The predicted molar refractivity (Wildman–Crippen MR) is 181 cm³/mol. The fourth-order valence-electron chi connectivity index (χ4n) is 5.03. The van der Waals surface area contributed by atoms with E-state index < -0.39 is 54.0 Å². The number of nitrogens with zero attached hydrogens (tertiary/aromatic N) is 1. The van der Waals surface area contributed by atoms with Gasteiger partial charge in [-0.25, -0.2) is 14.4 Å². The van der Waals surface area contributed by atoms with Crippen molar-refractivity contribution in [1.82, 2.24) is 10.2 Å². The maximum absolute atomic E-state index is 13.4. The Bertz CT molecular complexity index is 1220. The molecule has 6 N–H and O–H groups in total. The van der Waals surface area contributed by atoms with Gasteiger partial charge in [0.1, 0.15) is 12.1 Å². The second kappa shape index (κ2) is 20.1. The number of carbonyl (C=O) groups is 4. The van der Waals surface area contributed by atoms with Crippen molar-refractivity contribution >= 4 is 48.8 Å². The minimum absolute atomic E-state index is 0. The topological polar surface area (TPSA) is 184 Å². The highest BCUT2D eigenvalue weighted by Gasteiger charge is 2.43. The molecule has 1 fully saturated rings. The van der Waals surface area contributed by atoms with Crippen LogP contribution in [0, 0.1) is 5.92 Å². The van der Waals surface area contributed by atoms with Crippen LogP contribution in [0.4, 0.5) is 4.79 Å². The fourth-order valence-corrected chi connectivity index (χ4v) is 5.03. The van der Waals surface area contributed by atoms with Crippen LogP contribution in [0.2, 0.25) is 0 Å². The van der Waals surface area contributed by atoms with Gasteiger partial charge in [-0.05, 0) is 36.4 Å². The molecule has 0 aliphatic carbocycles. The molecule has 1 aliphatic rings. The molecular weight excluding hydrogens is 651 g/mol. The van der Waals surface area contributed by atoms with Gasteiger partial charge in [0, 0.05) is 32.9 Å². The van der Waals surface area contributed by atoms with Gasteiger partial charge in [0.25, 0.3) is 0 Å². The van der Waals surface area contributed by atoms with E-state index in [1.807, 2.05) is 0 Å². The molecule has 1 aliphatic heterocycles. The molecule has 1 heterocycles. The number of ether oxygens (including phenoxy) is 3. The van der Waals surface area contributed by atoms with Gasteiger partial charge in [-0.2, -0.15) is 0 Å². The fraction of sp³-hybridized carbons (Fsp3) is 0.515. The number of nitrogens with one attached hydrogen (secondary N) is 1. The zero-order valence-corrected chi connectivity index (χ0v) is 28.7. The number of piperidine rings is 1. The molecule has 0 bridgehead atoms. The Kier molecular flexibility index (Phi) is 17.8. The Morgan fingerprint density at radius 1 is 0.915 bits per heavy atom. The molecule has 0 aromatic heterocycles. The summed E-state index contributed by atoms with van der Waals surface area (Å²) in [4.78, 5) is 53.0. The summed E-state index contributed by atoms with van der Waals surface area (Å²) in [6, 6.07) is 15.4. The molecule has 3 rings (SSSR count). The monoisotopic (exact) mass is 698 g/mol. The van der Waals surface area contributed by atoms with Crippen LogP contribution in [0.15, 0.2) is 60.7 Å². The van der Waals surface area contributed by atoms with Crippen LogP contribution in [-0.2, 0) is 34.2 Å². The maximum Gasteiger partial charge on any atom is 0.412 e. The molecule has 2 aromatic carbocycles. The molecule has 14 heteroatoms. The number of unbranched alkanes of at least 4 members (excludes halogenated alkanes) is 1. The number of amides is 2. The number of carbonyl (C=O) groups excluding carboxylic acids is 4. The van der Waals surface area contributed by atoms with E-state index in [0.29, 0.717) is 43.4 Å². The highest BCUT2D eigenvalue weighted by molar-refractivity contribution is 5.88. The van der Waals surface area contributed by atoms with Crippen molar-refractivity contribution < 1.29 is 38.5 Å². The van der Waals surface area contributed by atoms with Gasteiger partial charge >= 0.3 is 18.0 Å². The largest absolute Gasteiger partial charge is 0.460 e. The van der Waals surface area contributed by atoms with Gasteiger partial charge in [0.15, 0.2) is 0 Å². The third kappa shape index (κ3) is 11.7. The Hall–Kier alpha value is -3.42. The standard InChI is InChI=1S/C33H46N4O8.2ClH/c1-22(2)28(36-29(38)27(35)16-10-11-19-34)30(39)43-23(3)44-32(41)37-20-17-26(18-21-37)45-31(40)33(42,24-12-6-4-7-13-24)25-14-8-5-9-15-25;;/h4-9,12-15,22-23,26-28,42H,10-11,16-21,34-35H2,1-3H3,(H,36,38);2*1H/t23?,27-,28+;;/m0../s1. The molecule has 2 aromatic rings. The van der Waals surface area contributed by atoms with Crippen molar-refractivity contribution in [2.24, 2.45) is 17.4 Å². The number of aliphatic hydroxyl groups is 1. The van der Waals surface area contributed by atoms with Crippen molar-refractivity contribution in [2.75, 3.05) is 19.6 Å². The molecule has 1 unspecified atom stereocenters. The van der Waals surface area contributed by atoms with Crippen molar-refractivity contribution in [3.63, 3.8) is 0 Å². The lowest BCUT2D eigenvalue weighted by Gasteiger charge is -2.34. The summed E-state index contributed by atoms with van der Waals surface area (Å²) in [5, 5.41) is 14.3. The number of esters is 2. The second-order valence-electron chi connectivity index (χ2n) is 11.5. The zero-order chi connectivity index (χ0) is 33.0. The maximum atomic E-state index is 13.4. The zero-order valence-electron chi connectivity index (χ0n) is 27.0. The van der Waals surface area contributed by atoms with Crippen LogP contribution in [-0.4, -0.2) is 78.1 Å². The lowest BCUT2D eigenvalue weighted by atomic mass is 9.86. The quantitative estimate of drug-likeness (QED) is 0.130. The first-order valence-corrected chi connectivity index (χ1v) is 15.4. The van der Waals surface area contributed by atoms with Crippen LogP contribution in [0.5, 0.6) is 0 Å². The van der Waals surface area contributed by atoms with Crippen LogP contribution in [0.3, 0.4) is 0 Å². The molecule has 47 heavy (non-hydrogen) atoms. The van der Waals surface area contributed by atoms with E-state index in [1.54, 1.807) is 74.5 Å². The molecule has 12 nitrogen and oxygen atoms in total. The molecule has 0 spiro atoms. The van der Waals surface area contributed by atoms with Crippen LogP contribution in [0.1, 0.15) is 64.0 Å². The van der Waals surface area contributed by atoms with E-state index in [-0.39, 0.29) is 43.8 Å². The van der Waals surface area contributed by atoms with Crippen LogP contribution >= 0.6 is 24.8 Å². The van der Waals surface area contributed by atoms with E-state index in [0.717, 1.165) is 6.42 Å². The SMILES string of the molecule is CC(OC(=O)[C@H](NC(=O)[C@@H](N)CCCCN)C(C)C)OC(=O)N1CCC(OC(=O)C(O)(c2ccccc2)c2ccccc2)CC1.Cl.Cl. The van der Waals surface area contributed by atoms with Gasteiger partial charge in [0.05, 0.1) is 6.04 Å². The Morgan fingerprint density at radius 3 is 1.94 bits per heavy atom. The van der Waals surface area contributed by atoms with E-state index in [4.69, 9.17) is 25.7 Å². The van der Waals surface area contributed by atoms with E-state index in [1.165, 1.54) is 11.8 Å². The highest BCUT2D eigenvalue weighted by atomic mass is 35.5. The third-order valence-corrected chi connectivity index (χ3v) is 7.73. The third-order valence-electron chi connectivity index (χ3n) is 7.73. The minimum Gasteiger partial charge on any atom is -0.460 e. The van der Waals surface area contributed by atoms with Gasteiger partial charge in [-0.1, -0.05) is 80.9 Å². The summed E-state index contributed by atoms with van der Waals surface area (Å²) in [6.45, 7) is 5.86. The van der Waals surface area contributed by atoms with E-state index >= 15 is 0 Å². The lowest BCUT2D eigenvalue weighted by molar-refractivity contribution is -0.172. The summed E-state index contributed by atoms with van der Waals surface area (Å²) >= 11 is 0. The molecule has 3 atom stereocenters. The van der Waals surface area contributed by atoms with Gasteiger partial charge < -0.3 is 41.0 Å². The molecule has 2 amide bonds. The van der Waals surface area contributed by atoms with Crippen LogP contribution < -0.4 is 16.8 Å². The number of benzene rings is 2. The smallest absolute Gasteiger partial charge is 0.412 e. The summed E-state index contributed by atoms with van der Waals surface area (Å²) in [6.07, 6.45) is 0.0670. The highest BCUT2D eigenvalue weighted by Crippen LogP contribution is 2.32. The van der Waals surface area contributed by atoms with Crippen molar-refractivity contribution in [1.29, 1.82) is 0 Å².